The van der Waals surface area contributed by atoms with Crippen LogP contribution < -0.4 is 10.6 Å². The van der Waals surface area contributed by atoms with Gasteiger partial charge in [-0.15, -0.1) is 21.5 Å². The van der Waals surface area contributed by atoms with E-state index in [1.165, 1.54) is 34.8 Å². The second-order valence-corrected chi connectivity index (χ2v) is 7.56. The third-order valence-electron chi connectivity index (χ3n) is 3.65. The molecular formula is C18H13FN4OS2. The summed E-state index contributed by atoms with van der Waals surface area (Å²) in [6.07, 6.45) is 0. The number of amides is 1. The number of anilines is 2. The Morgan fingerprint density at radius 1 is 1.00 bits per heavy atom. The zero-order valence-corrected chi connectivity index (χ0v) is 15.0. The van der Waals surface area contributed by atoms with E-state index in [2.05, 4.69) is 20.8 Å². The minimum atomic E-state index is -0.268. The Bertz CT molecular complexity index is 1030. The van der Waals surface area contributed by atoms with Crippen LogP contribution in [-0.4, -0.2) is 16.1 Å². The zero-order valence-electron chi connectivity index (χ0n) is 13.4. The maximum atomic E-state index is 12.9. The lowest BCUT2D eigenvalue weighted by Crippen LogP contribution is -2.09. The Hall–Kier alpha value is -2.84. The number of hydrogen-bond acceptors (Lipinski definition) is 6. The number of thiophene rings is 1. The number of halogens is 1. The highest BCUT2D eigenvalue weighted by Gasteiger charge is 2.13. The summed E-state index contributed by atoms with van der Waals surface area (Å²) in [5, 5.41) is 15.9. The summed E-state index contributed by atoms with van der Waals surface area (Å²) < 4.78 is 14.0. The van der Waals surface area contributed by atoms with E-state index < -0.39 is 0 Å². The number of rotatable bonds is 5. The van der Waals surface area contributed by atoms with Gasteiger partial charge in [0.15, 0.2) is 0 Å². The molecule has 4 rings (SSSR count). The molecule has 0 fully saturated rings. The summed E-state index contributed by atoms with van der Waals surface area (Å²) in [6.45, 7) is 0.499. The van der Waals surface area contributed by atoms with Gasteiger partial charge in [0.05, 0.1) is 4.88 Å². The molecule has 130 valence electrons. The van der Waals surface area contributed by atoms with Gasteiger partial charge in [0, 0.05) is 11.2 Å². The van der Waals surface area contributed by atoms with Crippen molar-refractivity contribution in [2.75, 3.05) is 10.6 Å². The summed E-state index contributed by atoms with van der Waals surface area (Å²) in [6, 6.07) is 15.9. The predicted molar refractivity (Wildman–Crippen MR) is 103 cm³/mol. The summed E-state index contributed by atoms with van der Waals surface area (Å²) in [5.74, 6) is -0.469. The van der Waals surface area contributed by atoms with E-state index in [4.69, 9.17) is 0 Å². The Kier molecular flexibility index (Phi) is 4.59. The Morgan fingerprint density at radius 2 is 1.77 bits per heavy atom. The second kappa shape index (κ2) is 7.19. The first kappa shape index (κ1) is 16.6. The van der Waals surface area contributed by atoms with Crippen LogP contribution in [0.25, 0.3) is 10.1 Å². The van der Waals surface area contributed by atoms with Gasteiger partial charge in [-0.05, 0) is 35.2 Å². The van der Waals surface area contributed by atoms with Crippen molar-refractivity contribution in [2.24, 2.45) is 0 Å². The van der Waals surface area contributed by atoms with Crippen LogP contribution >= 0.6 is 22.7 Å². The lowest BCUT2D eigenvalue weighted by atomic mass is 10.2. The number of hydrogen-bond donors (Lipinski definition) is 2. The van der Waals surface area contributed by atoms with Crippen LogP contribution in [0.15, 0.2) is 54.6 Å². The largest absolute Gasteiger partial charge is 0.356 e. The summed E-state index contributed by atoms with van der Waals surface area (Å²) >= 11 is 2.69. The van der Waals surface area contributed by atoms with Crippen molar-refractivity contribution in [3.8, 4) is 0 Å². The zero-order chi connectivity index (χ0) is 17.9. The molecule has 5 nitrogen and oxygen atoms in total. The first-order valence-corrected chi connectivity index (χ1v) is 9.42. The molecule has 0 aliphatic carbocycles. The van der Waals surface area contributed by atoms with Crippen molar-refractivity contribution in [3.63, 3.8) is 0 Å². The molecule has 0 atom stereocenters. The van der Waals surface area contributed by atoms with E-state index in [1.54, 1.807) is 12.1 Å². The first-order valence-electron chi connectivity index (χ1n) is 7.79. The van der Waals surface area contributed by atoms with Gasteiger partial charge in [0.1, 0.15) is 5.82 Å². The third-order valence-corrected chi connectivity index (χ3v) is 5.56. The molecule has 2 N–H and O–H groups in total. The van der Waals surface area contributed by atoms with Gasteiger partial charge >= 0.3 is 0 Å². The van der Waals surface area contributed by atoms with Crippen molar-refractivity contribution in [1.29, 1.82) is 0 Å². The monoisotopic (exact) mass is 384 g/mol. The van der Waals surface area contributed by atoms with Gasteiger partial charge in [-0.2, -0.15) is 0 Å². The smallest absolute Gasteiger partial charge is 0.267 e. The highest BCUT2D eigenvalue weighted by Crippen LogP contribution is 2.27. The maximum Gasteiger partial charge on any atom is 0.267 e. The van der Waals surface area contributed by atoms with Crippen molar-refractivity contribution in [3.05, 3.63) is 70.9 Å². The fraction of sp³-hybridized carbons (Fsp3) is 0.0556. The van der Waals surface area contributed by atoms with Gasteiger partial charge in [0.25, 0.3) is 5.91 Å². The molecule has 0 saturated heterocycles. The molecule has 2 aromatic heterocycles. The Balaban J connectivity index is 1.39. The number of nitrogens with one attached hydrogen (secondary N) is 2. The Labute approximate surface area is 156 Å². The molecule has 0 radical (unpaired) electrons. The van der Waals surface area contributed by atoms with Gasteiger partial charge in [-0.25, -0.2) is 4.39 Å². The van der Waals surface area contributed by atoms with Crippen molar-refractivity contribution in [1.82, 2.24) is 10.2 Å². The van der Waals surface area contributed by atoms with Crippen molar-refractivity contribution >= 4 is 48.9 Å². The number of aromatic nitrogens is 2. The van der Waals surface area contributed by atoms with Gasteiger partial charge in [-0.3, -0.25) is 10.1 Å². The van der Waals surface area contributed by atoms with Crippen LogP contribution in [0.2, 0.25) is 0 Å². The number of carbonyl (C=O) groups is 1. The van der Waals surface area contributed by atoms with Crippen molar-refractivity contribution in [2.45, 2.75) is 6.54 Å². The maximum absolute atomic E-state index is 12.9. The summed E-state index contributed by atoms with van der Waals surface area (Å²) in [5.41, 5.74) is 0.928. The SMILES string of the molecule is O=C(Nc1nnc(NCc2ccc(F)cc2)s1)c1cc2ccccc2s1. The summed E-state index contributed by atoms with van der Waals surface area (Å²) in [4.78, 5) is 13.0. The van der Waals surface area contributed by atoms with Crippen molar-refractivity contribution < 1.29 is 9.18 Å². The molecule has 0 saturated carbocycles. The van der Waals surface area contributed by atoms with E-state index >= 15 is 0 Å². The van der Waals surface area contributed by atoms with E-state index in [1.807, 2.05) is 30.3 Å². The Morgan fingerprint density at radius 3 is 2.58 bits per heavy atom. The molecular weight excluding hydrogens is 371 g/mol. The molecule has 8 heteroatoms. The fourth-order valence-electron chi connectivity index (χ4n) is 2.38. The number of fused-ring (bicyclic) bond motifs is 1. The highest BCUT2D eigenvalue weighted by atomic mass is 32.1. The molecule has 1 amide bonds. The molecule has 2 heterocycles. The van der Waals surface area contributed by atoms with E-state index in [9.17, 15) is 9.18 Å². The van der Waals surface area contributed by atoms with Crippen LogP contribution in [0.1, 0.15) is 15.2 Å². The topological polar surface area (TPSA) is 66.9 Å². The number of nitrogens with zero attached hydrogens (tertiary/aromatic N) is 2. The number of carbonyl (C=O) groups excluding carboxylic acids is 1. The fourth-order valence-corrected chi connectivity index (χ4v) is 3.97. The quantitative estimate of drug-likeness (QED) is 0.521. The van der Waals surface area contributed by atoms with E-state index in [0.717, 1.165) is 15.6 Å². The van der Waals surface area contributed by atoms with E-state index in [0.29, 0.717) is 21.7 Å². The minimum Gasteiger partial charge on any atom is -0.356 e. The lowest BCUT2D eigenvalue weighted by molar-refractivity contribution is 0.103. The van der Waals surface area contributed by atoms with Crippen LogP contribution in [0.3, 0.4) is 0 Å². The van der Waals surface area contributed by atoms with Crippen LogP contribution in [0.4, 0.5) is 14.7 Å². The normalized spacial score (nSPS) is 10.8. The highest BCUT2D eigenvalue weighted by molar-refractivity contribution is 7.21. The number of benzene rings is 2. The molecule has 26 heavy (non-hydrogen) atoms. The molecule has 2 aromatic carbocycles. The molecule has 0 bridgehead atoms. The second-order valence-electron chi connectivity index (χ2n) is 5.49. The van der Waals surface area contributed by atoms with E-state index in [-0.39, 0.29) is 11.7 Å². The third kappa shape index (κ3) is 3.71. The molecule has 0 aliphatic heterocycles. The molecule has 0 spiro atoms. The molecule has 4 aromatic rings. The van der Waals surface area contributed by atoms with Crippen LogP contribution in [-0.2, 0) is 6.54 Å². The molecule has 0 aliphatic rings. The van der Waals surface area contributed by atoms with Crippen LogP contribution in [0, 0.1) is 5.82 Å². The average molecular weight is 384 g/mol. The van der Waals surface area contributed by atoms with Gasteiger partial charge in [-0.1, -0.05) is 41.7 Å². The van der Waals surface area contributed by atoms with Gasteiger partial charge < -0.3 is 5.32 Å². The van der Waals surface area contributed by atoms with Gasteiger partial charge in [0.2, 0.25) is 10.3 Å². The molecule has 0 unspecified atom stereocenters. The predicted octanol–water partition coefficient (Wildman–Crippen LogP) is 4.76. The minimum absolute atomic E-state index is 0.201. The average Bonchev–Trinajstić information content (AvgIpc) is 3.28. The first-order chi connectivity index (χ1) is 12.7. The summed E-state index contributed by atoms with van der Waals surface area (Å²) in [7, 11) is 0. The standard InChI is InChI=1S/C18H13FN4OS2/c19-13-7-5-11(6-8-13)10-20-17-22-23-18(26-17)21-16(24)15-9-12-3-1-2-4-14(12)25-15/h1-9H,10H2,(H,20,22)(H,21,23,24). The van der Waals surface area contributed by atoms with Crippen LogP contribution in [0.5, 0.6) is 0 Å². The lowest BCUT2D eigenvalue weighted by Gasteiger charge is -2.01.